The van der Waals surface area contributed by atoms with Crippen LogP contribution >= 0.6 is 0 Å². The predicted molar refractivity (Wildman–Crippen MR) is 59.9 cm³/mol. The van der Waals surface area contributed by atoms with Gasteiger partial charge in [-0.15, -0.1) is 0 Å². The molecule has 0 radical (unpaired) electrons. The zero-order valence-electron chi connectivity index (χ0n) is 9.95. The number of rotatable bonds is 3. The minimum atomic E-state index is -0.162. The molecule has 0 aromatic rings. The van der Waals surface area contributed by atoms with Gasteiger partial charge in [0, 0.05) is 25.2 Å². The summed E-state index contributed by atoms with van der Waals surface area (Å²) < 4.78 is 5.22. The monoisotopic (exact) mass is 214 g/mol. The maximum absolute atomic E-state index is 11.8. The highest BCUT2D eigenvalue weighted by Gasteiger charge is 2.29. The van der Waals surface area contributed by atoms with Crippen molar-refractivity contribution in [2.24, 2.45) is 0 Å². The molecule has 0 aromatic heterocycles. The summed E-state index contributed by atoms with van der Waals surface area (Å²) in [6.07, 6.45) is 1.84. The van der Waals surface area contributed by atoms with Gasteiger partial charge in [-0.3, -0.25) is 0 Å². The lowest BCUT2D eigenvalue weighted by Crippen LogP contribution is -2.57. The molecule has 1 heterocycles. The van der Waals surface area contributed by atoms with E-state index in [1.807, 2.05) is 18.7 Å². The van der Waals surface area contributed by atoms with Crippen LogP contribution in [0.3, 0.4) is 0 Å². The van der Waals surface area contributed by atoms with Crippen LogP contribution in [0.4, 0.5) is 4.79 Å². The van der Waals surface area contributed by atoms with Crippen LogP contribution in [-0.2, 0) is 4.74 Å². The fourth-order valence-electron chi connectivity index (χ4n) is 1.87. The number of ether oxygens (including phenoxy) is 1. The van der Waals surface area contributed by atoms with Crippen molar-refractivity contribution in [1.29, 1.82) is 0 Å². The first-order chi connectivity index (χ1) is 7.16. The third-order valence-corrected chi connectivity index (χ3v) is 2.76. The Morgan fingerprint density at radius 2 is 2.00 bits per heavy atom. The Hall–Kier alpha value is -0.770. The molecule has 0 saturated carbocycles. The van der Waals surface area contributed by atoms with Gasteiger partial charge < -0.3 is 15.0 Å². The molecular weight excluding hydrogens is 192 g/mol. The Balaban J connectivity index is 2.41. The summed E-state index contributed by atoms with van der Waals surface area (Å²) in [5.41, 5.74) is 0. The molecule has 0 spiro atoms. The number of carbonyl (C=O) groups is 1. The third-order valence-electron chi connectivity index (χ3n) is 2.76. The lowest BCUT2D eigenvalue weighted by atomic mass is 10.1. The average Bonchev–Trinajstić information content (AvgIpc) is 2.18. The van der Waals surface area contributed by atoms with Crippen molar-refractivity contribution in [2.75, 3.05) is 19.7 Å². The summed E-state index contributed by atoms with van der Waals surface area (Å²) in [7, 11) is 0. The second-order valence-corrected chi connectivity index (χ2v) is 4.23. The molecule has 4 heteroatoms. The number of nitrogens with one attached hydrogen (secondary N) is 1. The molecule has 0 aliphatic carbocycles. The van der Waals surface area contributed by atoms with Gasteiger partial charge in [0.15, 0.2) is 0 Å². The molecule has 1 saturated heterocycles. The summed E-state index contributed by atoms with van der Waals surface area (Å²) in [4.78, 5) is 13.6. The third kappa shape index (κ3) is 3.38. The van der Waals surface area contributed by atoms with Gasteiger partial charge in [-0.2, -0.15) is 0 Å². The zero-order chi connectivity index (χ0) is 11.3. The second kappa shape index (κ2) is 5.95. The summed E-state index contributed by atoms with van der Waals surface area (Å²) in [6, 6.07) is 0.450. The molecule has 0 bridgehead atoms. The van der Waals surface area contributed by atoms with Gasteiger partial charge >= 0.3 is 6.09 Å². The smallest absolute Gasteiger partial charge is 0.410 e. The number of nitrogens with zero attached hydrogens (tertiary/aromatic N) is 1. The molecule has 1 rings (SSSR count). The van der Waals surface area contributed by atoms with E-state index in [1.165, 1.54) is 0 Å². The van der Waals surface area contributed by atoms with Crippen LogP contribution in [0.25, 0.3) is 0 Å². The molecule has 1 N–H and O–H groups in total. The second-order valence-electron chi connectivity index (χ2n) is 4.23. The number of carbonyl (C=O) groups excluding carboxylic acids is 1. The van der Waals surface area contributed by atoms with Crippen molar-refractivity contribution in [3.05, 3.63) is 0 Å². The van der Waals surface area contributed by atoms with E-state index in [2.05, 4.69) is 12.2 Å². The van der Waals surface area contributed by atoms with Gasteiger partial charge in [-0.25, -0.2) is 4.79 Å². The highest BCUT2D eigenvalue weighted by Crippen LogP contribution is 2.11. The molecule has 1 aliphatic rings. The maximum atomic E-state index is 11.8. The Morgan fingerprint density at radius 3 is 2.53 bits per heavy atom. The molecule has 88 valence electrons. The number of piperazine rings is 1. The van der Waals surface area contributed by atoms with Crippen LogP contribution in [0.2, 0.25) is 0 Å². The Kier molecular flexibility index (Phi) is 4.88. The van der Waals surface area contributed by atoms with E-state index in [0.717, 1.165) is 25.9 Å². The quantitative estimate of drug-likeness (QED) is 0.726. The molecule has 15 heavy (non-hydrogen) atoms. The lowest BCUT2D eigenvalue weighted by molar-refractivity contribution is 0.0603. The zero-order valence-corrected chi connectivity index (χ0v) is 9.95. The minimum absolute atomic E-state index is 0.162. The lowest BCUT2D eigenvalue weighted by Gasteiger charge is -2.38. The van der Waals surface area contributed by atoms with Crippen molar-refractivity contribution in [1.82, 2.24) is 10.2 Å². The van der Waals surface area contributed by atoms with Gasteiger partial charge in [0.05, 0.1) is 6.61 Å². The van der Waals surface area contributed by atoms with Crippen LogP contribution in [0.15, 0.2) is 0 Å². The molecule has 2 unspecified atom stereocenters. The van der Waals surface area contributed by atoms with Crippen LogP contribution in [0.5, 0.6) is 0 Å². The van der Waals surface area contributed by atoms with E-state index >= 15 is 0 Å². The molecular formula is C11H22N2O2. The number of unbranched alkanes of at least 4 members (excludes halogenated alkanes) is 1. The van der Waals surface area contributed by atoms with Crippen LogP contribution in [-0.4, -0.2) is 42.8 Å². The summed E-state index contributed by atoms with van der Waals surface area (Å²) in [6.45, 7) is 8.43. The normalized spacial score (nSPS) is 26.5. The van der Waals surface area contributed by atoms with Crippen molar-refractivity contribution in [3.8, 4) is 0 Å². The molecule has 0 aromatic carbocycles. The molecule has 4 nitrogen and oxygen atoms in total. The summed E-state index contributed by atoms with van der Waals surface area (Å²) in [5.74, 6) is 0. The van der Waals surface area contributed by atoms with Crippen molar-refractivity contribution < 1.29 is 9.53 Å². The Bertz CT molecular complexity index is 199. The number of hydrogen-bond donors (Lipinski definition) is 1. The van der Waals surface area contributed by atoms with Crippen LogP contribution < -0.4 is 5.32 Å². The molecule has 1 aliphatic heterocycles. The van der Waals surface area contributed by atoms with Gasteiger partial charge in [-0.05, 0) is 20.3 Å². The van der Waals surface area contributed by atoms with Gasteiger partial charge in [-0.1, -0.05) is 13.3 Å². The minimum Gasteiger partial charge on any atom is -0.449 e. The summed E-state index contributed by atoms with van der Waals surface area (Å²) >= 11 is 0. The molecule has 1 amide bonds. The maximum Gasteiger partial charge on any atom is 0.410 e. The van der Waals surface area contributed by atoms with Gasteiger partial charge in [0.1, 0.15) is 0 Å². The van der Waals surface area contributed by atoms with Gasteiger partial charge in [0.2, 0.25) is 0 Å². The average molecular weight is 214 g/mol. The largest absolute Gasteiger partial charge is 0.449 e. The van der Waals surface area contributed by atoms with Crippen molar-refractivity contribution in [3.63, 3.8) is 0 Å². The SMILES string of the molecule is CCCCOC(=O)N1C(C)CNCC1C. The van der Waals surface area contributed by atoms with E-state index < -0.39 is 0 Å². The fourth-order valence-corrected chi connectivity index (χ4v) is 1.87. The first-order valence-electron chi connectivity index (χ1n) is 5.82. The fraction of sp³-hybridized carbons (Fsp3) is 0.909. The predicted octanol–water partition coefficient (Wildman–Crippen LogP) is 1.61. The first kappa shape index (κ1) is 12.3. The molecule has 2 atom stereocenters. The Labute approximate surface area is 92.0 Å². The summed E-state index contributed by atoms with van der Waals surface area (Å²) in [5, 5.41) is 3.29. The molecule has 1 fully saturated rings. The van der Waals surface area contributed by atoms with Crippen molar-refractivity contribution in [2.45, 2.75) is 45.7 Å². The number of hydrogen-bond acceptors (Lipinski definition) is 3. The van der Waals surface area contributed by atoms with Gasteiger partial charge in [0.25, 0.3) is 0 Å². The van der Waals surface area contributed by atoms with E-state index in [9.17, 15) is 4.79 Å². The van der Waals surface area contributed by atoms with Crippen molar-refractivity contribution >= 4 is 6.09 Å². The highest BCUT2D eigenvalue weighted by molar-refractivity contribution is 5.68. The number of amides is 1. The standard InChI is InChI=1S/C11H22N2O2/c1-4-5-6-15-11(14)13-9(2)7-12-8-10(13)3/h9-10,12H,4-8H2,1-3H3. The van der Waals surface area contributed by atoms with Crippen LogP contribution in [0.1, 0.15) is 33.6 Å². The van der Waals surface area contributed by atoms with E-state index in [4.69, 9.17) is 4.74 Å². The first-order valence-corrected chi connectivity index (χ1v) is 5.82. The van der Waals surface area contributed by atoms with E-state index in [1.54, 1.807) is 0 Å². The highest BCUT2D eigenvalue weighted by atomic mass is 16.6. The van der Waals surface area contributed by atoms with E-state index in [0.29, 0.717) is 6.61 Å². The Morgan fingerprint density at radius 1 is 1.40 bits per heavy atom. The topological polar surface area (TPSA) is 41.6 Å². The van der Waals surface area contributed by atoms with Crippen LogP contribution in [0, 0.1) is 0 Å². The van der Waals surface area contributed by atoms with E-state index in [-0.39, 0.29) is 18.2 Å².